The van der Waals surface area contributed by atoms with Gasteiger partial charge in [-0.05, 0) is 73.2 Å². The monoisotopic (exact) mass is 525 g/mol. The minimum absolute atomic E-state index is 0.0814. The summed E-state index contributed by atoms with van der Waals surface area (Å²) in [5.74, 6) is -1.13. The van der Waals surface area contributed by atoms with Crippen LogP contribution in [0, 0.1) is 12.7 Å². The van der Waals surface area contributed by atoms with E-state index >= 15 is 0 Å². The first-order valence-electron chi connectivity index (χ1n) is 9.78. The molecule has 0 saturated heterocycles. The average Bonchev–Trinajstić information content (AvgIpc) is 2.75. The molecule has 3 aromatic rings. The van der Waals surface area contributed by atoms with Crippen molar-refractivity contribution in [2.24, 2.45) is 0 Å². The van der Waals surface area contributed by atoms with Crippen LogP contribution < -0.4 is 14.3 Å². The van der Waals surface area contributed by atoms with Crippen molar-refractivity contribution < 1.29 is 26.0 Å². The van der Waals surface area contributed by atoms with Crippen LogP contribution in [0.25, 0.3) is 0 Å². The number of hydrogen-bond donors (Lipinski definition) is 2. The number of carbonyl (C=O) groups is 1. The topological polar surface area (TPSA) is 113 Å². The van der Waals surface area contributed by atoms with E-state index in [1.54, 1.807) is 25.1 Å². The Kier molecular flexibility index (Phi) is 7.49. The standard InChI is InChI=1S/C22H21ClFN3O5S2/c1-15-20(23)4-3-5-21(15)27(33(2,29)30)14-22(28)25-17-10-12-19(13-11-17)34(31,32)26-18-8-6-16(24)7-9-18/h3-13,26H,14H2,1-2H3,(H,25,28). The lowest BCUT2D eigenvalue weighted by molar-refractivity contribution is -0.114. The molecule has 180 valence electrons. The number of carbonyl (C=O) groups excluding carboxylic acids is 1. The second-order valence-corrected chi connectivity index (χ2v) is 11.3. The Bertz CT molecular complexity index is 1410. The molecule has 3 aromatic carbocycles. The molecule has 3 rings (SSSR count). The van der Waals surface area contributed by atoms with Crippen LogP contribution in [0.1, 0.15) is 5.56 Å². The van der Waals surface area contributed by atoms with Crippen LogP contribution >= 0.6 is 11.6 Å². The van der Waals surface area contributed by atoms with E-state index in [9.17, 15) is 26.0 Å². The van der Waals surface area contributed by atoms with E-state index in [0.717, 1.165) is 22.7 Å². The molecule has 0 fully saturated rings. The van der Waals surface area contributed by atoms with Gasteiger partial charge in [-0.1, -0.05) is 17.7 Å². The summed E-state index contributed by atoms with van der Waals surface area (Å²) in [5, 5.41) is 2.91. The first-order chi connectivity index (χ1) is 15.9. The van der Waals surface area contributed by atoms with Gasteiger partial charge in [0.25, 0.3) is 10.0 Å². The maximum atomic E-state index is 13.0. The fraction of sp³-hybridized carbons (Fsp3) is 0.136. The number of rotatable bonds is 8. The third kappa shape index (κ3) is 6.25. The maximum absolute atomic E-state index is 13.0. The van der Waals surface area contributed by atoms with E-state index in [1.165, 1.54) is 36.4 Å². The summed E-state index contributed by atoms with van der Waals surface area (Å²) < 4.78 is 65.9. The lowest BCUT2D eigenvalue weighted by atomic mass is 10.2. The predicted octanol–water partition coefficient (Wildman–Crippen LogP) is 3.99. The Morgan fingerprint density at radius 3 is 2.12 bits per heavy atom. The number of halogens is 2. The number of nitrogens with one attached hydrogen (secondary N) is 2. The molecular weight excluding hydrogens is 505 g/mol. The molecule has 2 N–H and O–H groups in total. The van der Waals surface area contributed by atoms with Crippen LogP contribution in [0.3, 0.4) is 0 Å². The van der Waals surface area contributed by atoms with Gasteiger partial charge >= 0.3 is 0 Å². The minimum Gasteiger partial charge on any atom is -0.325 e. The molecule has 0 atom stereocenters. The van der Waals surface area contributed by atoms with Crippen molar-refractivity contribution in [2.75, 3.05) is 27.1 Å². The Hall–Kier alpha value is -3.15. The normalized spacial score (nSPS) is 11.6. The molecule has 0 saturated carbocycles. The van der Waals surface area contributed by atoms with Gasteiger partial charge in [-0.15, -0.1) is 0 Å². The molecule has 0 heterocycles. The molecule has 0 bridgehead atoms. The lowest BCUT2D eigenvalue weighted by Crippen LogP contribution is -2.37. The first-order valence-corrected chi connectivity index (χ1v) is 13.5. The Balaban J connectivity index is 1.73. The van der Waals surface area contributed by atoms with E-state index < -0.39 is 38.3 Å². The number of nitrogens with zero attached hydrogens (tertiary/aromatic N) is 1. The van der Waals surface area contributed by atoms with Crippen LogP contribution in [-0.2, 0) is 24.8 Å². The van der Waals surface area contributed by atoms with Gasteiger partial charge in [0.2, 0.25) is 15.9 Å². The van der Waals surface area contributed by atoms with Gasteiger partial charge < -0.3 is 5.32 Å². The average molecular weight is 526 g/mol. The molecule has 0 aromatic heterocycles. The summed E-state index contributed by atoms with van der Waals surface area (Å²) in [4.78, 5) is 12.5. The van der Waals surface area contributed by atoms with Gasteiger partial charge in [0.05, 0.1) is 16.8 Å². The van der Waals surface area contributed by atoms with Gasteiger partial charge in [-0.3, -0.25) is 13.8 Å². The van der Waals surface area contributed by atoms with Crippen LogP contribution in [0.15, 0.2) is 71.6 Å². The number of anilines is 3. The van der Waals surface area contributed by atoms with Crippen molar-refractivity contribution >= 4 is 54.6 Å². The summed E-state index contributed by atoms with van der Waals surface area (Å²) in [6.07, 6.45) is 0.981. The van der Waals surface area contributed by atoms with Crippen LogP contribution in [0.2, 0.25) is 5.02 Å². The molecule has 1 amide bonds. The molecular formula is C22H21ClFN3O5S2. The van der Waals surface area contributed by atoms with Crippen molar-refractivity contribution in [1.29, 1.82) is 0 Å². The lowest BCUT2D eigenvalue weighted by Gasteiger charge is -2.24. The highest BCUT2D eigenvalue weighted by molar-refractivity contribution is 7.92. The summed E-state index contributed by atoms with van der Waals surface area (Å²) >= 11 is 6.09. The van der Waals surface area contributed by atoms with E-state index in [-0.39, 0.29) is 22.0 Å². The van der Waals surface area contributed by atoms with Crippen molar-refractivity contribution in [3.63, 3.8) is 0 Å². The van der Waals surface area contributed by atoms with Gasteiger partial charge in [0.15, 0.2) is 0 Å². The molecule has 0 aliphatic heterocycles. The quantitative estimate of drug-likeness (QED) is 0.461. The van der Waals surface area contributed by atoms with E-state index in [1.807, 2.05) is 0 Å². The second-order valence-electron chi connectivity index (χ2n) is 7.34. The zero-order valence-corrected chi connectivity index (χ0v) is 20.5. The van der Waals surface area contributed by atoms with E-state index in [2.05, 4.69) is 10.0 Å². The van der Waals surface area contributed by atoms with Gasteiger partial charge in [-0.2, -0.15) is 0 Å². The fourth-order valence-electron chi connectivity index (χ4n) is 3.03. The molecule has 8 nitrogen and oxygen atoms in total. The highest BCUT2D eigenvalue weighted by Gasteiger charge is 2.23. The summed E-state index contributed by atoms with van der Waals surface area (Å²) in [5.41, 5.74) is 1.24. The van der Waals surface area contributed by atoms with Crippen LogP contribution in [-0.4, -0.2) is 35.5 Å². The number of amides is 1. The zero-order chi connectivity index (χ0) is 25.1. The molecule has 0 spiro atoms. The predicted molar refractivity (Wildman–Crippen MR) is 131 cm³/mol. The Morgan fingerprint density at radius 1 is 0.941 bits per heavy atom. The third-order valence-electron chi connectivity index (χ3n) is 4.74. The first kappa shape index (κ1) is 25.5. The summed E-state index contributed by atoms with van der Waals surface area (Å²) in [6.45, 7) is 1.14. The van der Waals surface area contributed by atoms with Gasteiger partial charge in [-0.25, -0.2) is 21.2 Å². The van der Waals surface area contributed by atoms with Crippen molar-refractivity contribution in [2.45, 2.75) is 11.8 Å². The maximum Gasteiger partial charge on any atom is 0.261 e. The minimum atomic E-state index is -3.94. The molecule has 12 heteroatoms. The number of hydrogen-bond acceptors (Lipinski definition) is 5. The molecule has 0 aliphatic carbocycles. The third-order valence-corrected chi connectivity index (χ3v) is 7.67. The summed E-state index contributed by atoms with van der Waals surface area (Å²) in [6, 6.07) is 14.9. The Morgan fingerprint density at radius 2 is 1.53 bits per heavy atom. The van der Waals surface area contributed by atoms with E-state index in [4.69, 9.17) is 11.6 Å². The second kappa shape index (κ2) is 10.00. The highest BCUT2D eigenvalue weighted by Crippen LogP contribution is 2.28. The molecule has 0 aliphatic rings. The van der Waals surface area contributed by atoms with Crippen LogP contribution in [0.5, 0.6) is 0 Å². The van der Waals surface area contributed by atoms with Gasteiger partial charge in [0, 0.05) is 16.4 Å². The van der Waals surface area contributed by atoms with E-state index in [0.29, 0.717) is 10.6 Å². The molecule has 0 radical (unpaired) electrons. The summed E-state index contributed by atoms with van der Waals surface area (Å²) in [7, 11) is -7.74. The molecule has 34 heavy (non-hydrogen) atoms. The smallest absolute Gasteiger partial charge is 0.261 e. The highest BCUT2D eigenvalue weighted by atomic mass is 35.5. The number of sulfonamides is 2. The van der Waals surface area contributed by atoms with Crippen molar-refractivity contribution in [3.05, 3.63) is 83.1 Å². The van der Waals surface area contributed by atoms with Gasteiger partial charge in [0.1, 0.15) is 12.4 Å². The molecule has 0 unspecified atom stereocenters. The van der Waals surface area contributed by atoms with Crippen molar-refractivity contribution in [1.82, 2.24) is 0 Å². The Labute approximate surface area is 202 Å². The van der Waals surface area contributed by atoms with Crippen LogP contribution in [0.4, 0.5) is 21.5 Å². The largest absolute Gasteiger partial charge is 0.325 e. The zero-order valence-electron chi connectivity index (χ0n) is 18.1. The van der Waals surface area contributed by atoms with Crippen molar-refractivity contribution in [3.8, 4) is 0 Å². The fourth-order valence-corrected chi connectivity index (χ4v) is 5.16. The SMILES string of the molecule is Cc1c(Cl)cccc1N(CC(=O)Nc1ccc(S(=O)(=O)Nc2ccc(F)cc2)cc1)S(C)(=O)=O. The number of benzene rings is 3.